The average molecular weight is 1860 g/mol. The molecule has 133 heavy (non-hydrogen) atoms. The van der Waals surface area contributed by atoms with Gasteiger partial charge in [0.2, 0.25) is 88.6 Å². The Bertz CT molecular complexity index is 5410. The van der Waals surface area contributed by atoms with Crippen LogP contribution in [-0.4, -0.2) is 272 Å². The lowest BCUT2D eigenvalue weighted by atomic mass is 9.98. The Kier molecular flexibility index (Phi) is 38.4. The molecule has 0 bridgehead atoms. The zero-order valence-electron chi connectivity index (χ0n) is 75.2. The van der Waals surface area contributed by atoms with Gasteiger partial charge in [0, 0.05) is 108 Å². The number of phenols is 2. The molecule has 15 amide bonds. The van der Waals surface area contributed by atoms with Gasteiger partial charge in [0.15, 0.2) is 0 Å². The zero-order valence-corrected chi connectivity index (χ0v) is 76.8. The van der Waals surface area contributed by atoms with Gasteiger partial charge in [-0.25, -0.2) is 0 Å². The van der Waals surface area contributed by atoms with Crippen LogP contribution in [0.25, 0.3) is 10.9 Å². The zero-order chi connectivity index (χ0) is 96.7. The number of halogens is 1. The highest BCUT2D eigenvalue weighted by atomic mass is 35.5. The van der Waals surface area contributed by atoms with Gasteiger partial charge in [0.1, 0.15) is 78.0 Å². The van der Waals surface area contributed by atoms with Crippen LogP contribution in [0.2, 0.25) is 5.02 Å². The Morgan fingerprint density at radius 3 is 1.39 bits per heavy atom. The number of hydrogen-bond acceptors (Lipinski definition) is 19. The molecule has 15 N–H and O–H groups in total. The lowest BCUT2D eigenvalue weighted by Gasteiger charge is -2.37. The van der Waals surface area contributed by atoms with E-state index in [0.717, 1.165) is 31.4 Å². The van der Waals surface area contributed by atoms with Gasteiger partial charge in [0.25, 0.3) is 0 Å². The molecule has 706 valence electrons. The summed E-state index contributed by atoms with van der Waals surface area (Å²) in [5, 5.41) is 56.0. The van der Waals surface area contributed by atoms with Crippen molar-refractivity contribution in [3.63, 3.8) is 0 Å². The quantitative estimate of drug-likeness (QED) is 0.0437. The number of aromatic amines is 1. The summed E-state index contributed by atoms with van der Waals surface area (Å²) in [6.07, 6.45) is -0.285. The van der Waals surface area contributed by atoms with E-state index in [1.807, 2.05) is 6.92 Å². The number of carboxylic acids is 1. The minimum atomic E-state index is -1.91. The van der Waals surface area contributed by atoms with Crippen LogP contribution in [0, 0.1) is 5.92 Å². The number of fused-ring (bicyclic) bond motifs is 1. The maximum Gasteiger partial charge on any atom is 0.305 e. The molecule has 11 atom stereocenters. The highest BCUT2D eigenvalue weighted by Crippen LogP contribution is 2.25. The Morgan fingerprint density at radius 1 is 0.451 bits per heavy atom. The van der Waals surface area contributed by atoms with Crippen LogP contribution in [-0.2, 0) is 122 Å². The van der Waals surface area contributed by atoms with Gasteiger partial charge in [0.05, 0.1) is 31.8 Å². The summed E-state index contributed by atoms with van der Waals surface area (Å²) in [5.41, 5.74) is 9.47. The molecule has 1 aliphatic heterocycles. The van der Waals surface area contributed by atoms with Crippen LogP contribution in [0.3, 0.4) is 0 Å². The fraction of sp³-hybridized carbons (Fsp3) is 0.375. The van der Waals surface area contributed by atoms with Gasteiger partial charge < -0.3 is 98.4 Å². The number of thioether (sulfide) groups is 1. The van der Waals surface area contributed by atoms with Crippen molar-refractivity contribution in [2.24, 2.45) is 11.7 Å². The van der Waals surface area contributed by atoms with Gasteiger partial charge in [-0.1, -0.05) is 191 Å². The van der Waals surface area contributed by atoms with Crippen LogP contribution in [0.4, 0.5) is 0 Å². The number of aliphatic carboxylic acids is 1. The molecule has 0 unspecified atom stereocenters. The van der Waals surface area contributed by atoms with Crippen molar-refractivity contribution in [2.45, 2.75) is 158 Å². The van der Waals surface area contributed by atoms with Crippen molar-refractivity contribution in [1.82, 2.24) is 77.3 Å². The fourth-order valence-corrected chi connectivity index (χ4v) is 16.3. The van der Waals surface area contributed by atoms with Crippen LogP contribution >= 0.6 is 23.4 Å². The molecule has 1 saturated heterocycles. The molecule has 0 saturated carbocycles. The van der Waals surface area contributed by atoms with E-state index in [-0.39, 0.29) is 62.9 Å². The van der Waals surface area contributed by atoms with E-state index in [9.17, 15) is 48.9 Å². The lowest BCUT2D eigenvalue weighted by Crippen LogP contribution is -2.61. The third-order valence-corrected chi connectivity index (χ3v) is 24.0. The van der Waals surface area contributed by atoms with Gasteiger partial charge >= 0.3 is 5.97 Å². The number of carbonyl (C=O) groups excluding carboxylic acids is 15. The lowest BCUT2D eigenvalue weighted by molar-refractivity contribution is -0.151. The smallest absolute Gasteiger partial charge is 0.305 e. The SMILES string of the molecule is CCCC[C@H]1C(=O)N(C)CC(=O)N[C@@H](CC(=O)O)C(=O)N[C@@H](C(C)C)C(=O)N(C)[C@@H](Cc2ccccc2)C(=O)N[C@@H](Cc2ccc(O)cc2)C(=O)N(C)CC(=O)N[C@@H](Cc2c[nH]c3ccccc23)C(=O)N[C@@H](Cc2ccc(O)cc2)C(=O)N[C@@H](Cc2ccc(Cl)cc2)C(=O)N[C@H](C(=O)NCC(N)=O)CSCC(=O)N[C@@H](Cc2ccccc2)C(=O)N(C)[C@@H](Cc2ccccc2)C(=O)N1C. The first-order chi connectivity index (χ1) is 63.4. The molecular formula is C96H115ClN16O19S. The Labute approximate surface area is 779 Å². The number of hydrogen-bond donors (Lipinski definition) is 14. The molecule has 2 heterocycles. The van der Waals surface area contributed by atoms with Gasteiger partial charge in [-0.05, 0) is 93.7 Å². The van der Waals surface area contributed by atoms with Crippen molar-refractivity contribution >= 4 is 129 Å². The molecule has 0 spiro atoms. The van der Waals surface area contributed by atoms with Crippen LogP contribution in [0.5, 0.6) is 11.5 Å². The van der Waals surface area contributed by atoms with E-state index in [2.05, 4.69) is 52.8 Å². The largest absolute Gasteiger partial charge is 0.508 e. The minimum absolute atomic E-state index is 0.0214. The number of phenolic OH excluding ortho intramolecular Hbond substituents is 2. The second kappa shape index (κ2) is 49.7. The number of carbonyl (C=O) groups is 16. The number of aromatic nitrogens is 1. The van der Waals surface area contributed by atoms with Crippen molar-refractivity contribution in [3.8, 4) is 11.5 Å². The number of H-pyrrole nitrogens is 1. The van der Waals surface area contributed by atoms with Crippen LogP contribution < -0.4 is 53.6 Å². The number of nitrogens with zero attached hydrogens (tertiary/aromatic N) is 5. The van der Waals surface area contributed by atoms with E-state index in [1.165, 1.54) is 101 Å². The monoisotopic (exact) mass is 1860 g/mol. The van der Waals surface area contributed by atoms with Crippen LogP contribution in [0.1, 0.15) is 85.4 Å². The molecule has 0 aliphatic carbocycles. The third kappa shape index (κ3) is 30.7. The van der Waals surface area contributed by atoms with Crippen molar-refractivity contribution in [2.75, 3.05) is 66.4 Å². The Morgan fingerprint density at radius 2 is 0.872 bits per heavy atom. The molecule has 0 radical (unpaired) electrons. The number of nitrogens with one attached hydrogen (secondary N) is 10. The first kappa shape index (κ1) is 103. The number of unbranched alkanes of at least 4 members (excludes halogenated alkanes) is 1. The van der Waals surface area contributed by atoms with E-state index < -0.39 is 205 Å². The van der Waals surface area contributed by atoms with Gasteiger partial charge in [-0.3, -0.25) is 76.7 Å². The molecule has 9 rings (SSSR count). The first-order valence-corrected chi connectivity index (χ1v) is 45.0. The molecular weight excluding hydrogens is 1750 g/mol. The second-order valence-corrected chi connectivity index (χ2v) is 34.7. The molecule has 1 aliphatic rings. The van der Waals surface area contributed by atoms with Gasteiger partial charge in [-0.2, -0.15) is 0 Å². The van der Waals surface area contributed by atoms with Crippen molar-refractivity contribution < 1.29 is 92.0 Å². The summed E-state index contributed by atoms with van der Waals surface area (Å²) in [5.74, 6) is -17.5. The maximum absolute atomic E-state index is 15.6. The normalized spacial score (nSPS) is 21.5. The number of carboxylic acid groups (broad SMARTS) is 1. The molecule has 37 heteroatoms. The standard InChI is InChI=1S/C96H115ClN16O19S/c1-9-10-30-77-94(130)110(5)54-82(118)102-73(50-84(120)121)90(126)108-85(57(2)3)96(132)112(7)78(47-59-24-16-12-17-25-59)91(127)106-74(46-63-35-41-67(115)42-36-63)92(128)109(4)53-81(117)101-72(49-64-51-99-69-29-21-20-28-68(64)69)89(125)105-70(44-62-33-39-66(114)40-34-62)87(123)104-71(43-61-31-37-65(97)38-32-61)88(124)107-76(86(122)100-52-80(98)116)55-133-56-83(119)103-75(45-58-22-14-11-15-23-58)93(129)113(8)79(95(131)111(77)6)48-60-26-18-13-19-27-60/h11-29,31-42,51,57,70-79,85,99,114-115H,9-10,30,43-50,52-56H2,1-8H3,(H2,98,116)(H,100,122)(H,101,117)(H,102,118)(H,103,119)(H,104,123)(H,105,125)(H,106,127)(H,107,124)(H,108,126)(H,120,121)/t70-,71-,72-,73-,74-,75-,76-,77-,78-,79-,85-/m0/s1. The number of aromatic hydroxyl groups is 2. The summed E-state index contributed by atoms with van der Waals surface area (Å²) in [7, 11) is 6.51. The Hall–Kier alpha value is -14.2. The van der Waals surface area contributed by atoms with Gasteiger partial charge in [-0.15, -0.1) is 11.8 Å². The second-order valence-electron chi connectivity index (χ2n) is 33.3. The summed E-state index contributed by atoms with van der Waals surface area (Å²) < 4.78 is 0. The molecule has 1 aromatic heterocycles. The number of nitrogens with two attached hydrogens (primary N) is 1. The fourth-order valence-electron chi connectivity index (χ4n) is 15.3. The summed E-state index contributed by atoms with van der Waals surface area (Å²) in [4.78, 5) is 245. The highest BCUT2D eigenvalue weighted by Gasteiger charge is 2.42. The number of likely N-dealkylation sites (N-methyl/N-ethyl adjacent to an activating group) is 5. The van der Waals surface area contributed by atoms with Crippen LogP contribution in [0.15, 0.2) is 194 Å². The molecule has 7 aromatic carbocycles. The minimum Gasteiger partial charge on any atom is -0.508 e. The molecule has 8 aromatic rings. The summed E-state index contributed by atoms with van der Waals surface area (Å²) in [6.45, 7) is 2.61. The first-order valence-electron chi connectivity index (χ1n) is 43.5. The van der Waals surface area contributed by atoms with Crippen molar-refractivity contribution in [3.05, 3.63) is 238 Å². The van der Waals surface area contributed by atoms with E-state index in [0.29, 0.717) is 67.7 Å². The number of primary amides is 1. The number of amides is 15. The highest BCUT2D eigenvalue weighted by molar-refractivity contribution is 8.00. The number of para-hydroxylation sites is 1. The average Bonchev–Trinajstić information content (AvgIpc) is 1.77. The predicted molar refractivity (Wildman–Crippen MR) is 498 cm³/mol. The van der Waals surface area contributed by atoms with E-state index in [1.54, 1.807) is 147 Å². The summed E-state index contributed by atoms with van der Waals surface area (Å²) in [6, 6.07) is 32.9. The third-order valence-electron chi connectivity index (χ3n) is 22.7. The predicted octanol–water partition coefficient (Wildman–Crippen LogP) is 3.18. The molecule has 1 fully saturated rings. The summed E-state index contributed by atoms with van der Waals surface area (Å²) >= 11 is 7.16. The van der Waals surface area contributed by atoms with Crippen molar-refractivity contribution in [1.29, 1.82) is 0 Å². The van der Waals surface area contributed by atoms with E-state index in [4.69, 9.17) is 17.3 Å². The number of benzene rings is 7. The topological polar surface area (TPSA) is 500 Å². The number of rotatable bonds is 23. The molecule has 35 nitrogen and oxygen atoms in total. The maximum atomic E-state index is 15.6. The van der Waals surface area contributed by atoms with E-state index >= 15 is 43.2 Å². The Balaban J connectivity index is 1.13.